The molecule has 0 saturated heterocycles. The summed E-state index contributed by atoms with van der Waals surface area (Å²) < 4.78 is 0. The number of benzene rings is 1. The number of rotatable bonds is 2. The summed E-state index contributed by atoms with van der Waals surface area (Å²) in [5.74, 6) is -0.269. The van der Waals surface area contributed by atoms with Gasteiger partial charge in [0.05, 0.1) is 11.2 Å². The van der Waals surface area contributed by atoms with Crippen LogP contribution in [0.2, 0.25) is 0 Å². The number of alkyl halides is 1. The lowest BCUT2D eigenvalue weighted by Crippen LogP contribution is -2.10. The van der Waals surface area contributed by atoms with Crippen LogP contribution in [-0.4, -0.2) is 17.0 Å². The van der Waals surface area contributed by atoms with Crippen molar-refractivity contribution >= 4 is 33.3 Å². The zero-order valence-electron chi connectivity index (χ0n) is 8.21. The lowest BCUT2D eigenvalue weighted by Gasteiger charge is -2.07. The van der Waals surface area contributed by atoms with Gasteiger partial charge in [-0.25, -0.2) is 0 Å². The largest absolute Gasteiger partial charge is 0.325 e. The van der Waals surface area contributed by atoms with Crippen molar-refractivity contribution in [3.05, 3.63) is 29.3 Å². The maximum atomic E-state index is 11.6. The van der Waals surface area contributed by atoms with E-state index in [4.69, 9.17) is 0 Å². The molecule has 0 fully saturated rings. The molecule has 1 heterocycles. The van der Waals surface area contributed by atoms with Crippen LogP contribution in [0, 0.1) is 0 Å². The van der Waals surface area contributed by atoms with E-state index >= 15 is 0 Å². The molecule has 0 aromatic heterocycles. The number of anilines is 1. The molecule has 0 aliphatic carbocycles. The molecule has 1 atom stereocenters. The van der Waals surface area contributed by atoms with Crippen molar-refractivity contribution in [2.75, 3.05) is 10.6 Å². The summed E-state index contributed by atoms with van der Waals surface area (Å²) in [6, 6.07) is 5.37. The molecule has 78 valence electrons. The molecule has 1 unspecified atom stereocenters. The van der Waals surface area contributed by atoms with Crippen molar-refractivity contribution in [3.8, 4) is 0 Å². The van der Waals surface area contributed by atoms with Crippen molar-refractivity contribution in [1.29, 1.82) is 0 Å². The standard InChI is InChI=1S/C11H10BrNO2/c1-6-10-7(9(14)5-12)3-2-4-8(10)13-11(6)15/h2-4,6H,5H2,1H3,(H,13,15). The highest BCUT2D eigenvalue weighted by atomic mass is 79.9. The fourth-order valence-corrected chi connectivity index (χ4v) is 2.13. The van der Waals surface area contributed by atoms with Crippen LogP contribution in [-0.2, 0) is 4.79 Å². The summed E-state index contributed by atoms with van der Waals surface area (Å²) in [6.07, 6.45) is 0. The van der Waals surface area contributed by atoms with E-state index in [9.17, 15) is 9.59 Å². The number of ketones is 1. The van der Waals surface area contributed by atoms with E-state index < -0.39 is 0 Å². The van der Waals surface area contributed by atoms with Crippen molar-refractivity contribution in [1.82, 2.24) is 0 Å². The second-order valence-corrected chi connectivity index (χ2v) is 4.10. The fraction of sp³-hybridized carbons (Fsp3) is 0.273. The average molecular weight is 268 g/mol. The first kappa shape index (κ1) is 10.4. The van der Waals surface area contributed by atoms with E-state index in [1.807, 2.05) is 13.0 Å². The average Bonchev–Trinajstić information content (AvgIpc) is 2.54. The van der Waals surface area contributed by atoms with Crippen molar-refractivity contribution < 1.29 is 9.59 Å². The molecule has 2 rings (SSSR count). The minimum atomic E-state index is -0.237. The van der Waals surface area contributed by atoms with E-state index in [1.54, 1.807) is 12.1 Å². The SMILES string of the molecule is CC1C(=O)Nc2cccc(C(=O)CBr)c21. The van der Waals surface area contributed by atoms with Gasteiger partial charge in [-0.15, -0.1) is 0 Å². The van der Waals surface area contributed by atoms with Crippen LogP contribution in [0.3, 0.4) is 0 Å². The van der Waals surface area contributed by atoms with Crippen LogP contribution in [0.4, 0.5) is 5.69 Å². The molecule has 1 amide bonds. The molecule has 1 aromatic carbocycles. The minimum Gasteiger partial charge on any atom is -0.325 e. The second kappa shape index (κ2) is 3.77. The highest BCUT2D eigenvalue weighted by molar-refractivity contribution is 9.09. The van der Waals surface area contributed by atoms with Gasteiger partial charge in [-0.3, -0.25) is 9.59 Å². The lowest BCUT2D eigenvalue weighted by atomic mass is 9.95. The molecule has 1 N–H and O–H groups in total. The van der Waals surface area contributed by atoms with Crippen LogP contribution in [0.5, 0.6) is 0 Å². The Morgan fingerprint density at radius 2 is 2.27 bits per heavy atom. The van der Waals surface area contributed by atoms with Gasteiger partial charge in [0.15, 0.2) is 5.78 Å². The third-order valence-corrected chi connectivity index (χ3v) is 3.12. The molecule has 0 spiro atoms. The molecular weight excluding hydrogens is 258 g/mol. The van der Waals surface area contributed by atoms with Crippen molar-refractivity contribution in [3.63, 3.8) is 0 Å². The Morgan fingerprint density at radius 3 is 2.93 bits per heavy atom. The number of fused-ring (bicyclic) bond motifs is 1. The van der Waals surface area contributed by atoms with Gasteiger partial charge in [-0.2, -0.15) is 0 Å². The van der Waals surface area contributed by atoms with Gasteiger partial charge in [0.1, 0.15) is 0 Å². The lowest BCUT2D eigenvalue weighted by molar-refractivity contribution is -0.116. The van der Waals surface area contributed by atoms with E-state index in [0.717, 1.165) is 11.3 Å². The molecule has 1 aromatic rings. The molecule has 0 bridgehead atoms. The van der Waals surface area contributed by atoms with Crippen molar-refractivity contribution in [2.45, 2.75) is 12.8 Å². The van der Waals surface area contributed by atoms with Crippen LogP contribution < -0.4 is 5.32 Å². The number of hydrogen-bond acceptors (Lipinski definition) is 2. The van der Waals surface area contributed by atoms with Gasteiger partial charge in [-0.1, -0.05) is 28.1 Å². The Bertz CT molecular complexity index is 442. The number of halogens is 1. The summed E-state index contributed by atoms with van der Waals surface area (Å²) in [6.45, 7) is 1.81. The Kier molecular flexibility index (Phi) is 2.61. The first-order valence-electron chi connectivity index (χ1n) is 4.68. The minimum absolute atomic E-state index is 0.00944. The Balaban J connectivity index is 2.56. The Hall–Kier alpha value is -1.16. The maximum absolute atomic E-state index is 11.6. The molecule has 3 nitrogen and oxygen atoms in total. The van der Waals surface area contributed by atoms with Crippen molar-refractivity contribution in [2.24, 2.45) is 0 Å². The monoisotopic (exact) mass is 267 g/mol. The van der Waals surface area contributed by atoms with Crippen LogP contribution in [0.25, 0.3) is 0 Å². The molecule has 0 radical (unpaired) electrons. The number of amides is 1. The maximum Gasteiger partial charge on any atom is 0.231 e. The van der Waals surface area contributed by atoms with Gasteiger partial charge in [0.2, 0.25) is 5.91 Å². The van der Waals surface area contributed by atoms with Crippen LogP contribution in [0.1, 0.15) is 28.8 Å². The Morgan fingerprint density at radius 1 is 1.53 bits per heavy atom. The zero-order valence-corrected chi connectivity index (χ0v) is 9.80. The highest BCUT2D eigenvalue weighted by Gasteiger charge is 2.30. The second-order valence-electron chi connectivity index (χ2n) is 3.53. The summed E-state index contributed by atoms with van der Waals surface area (Å²) >= 11 is 3.14. The quantitative estimate of drug-likeness (QED) is 0.661. The molecular formula is C11H10BrNO2. The Labute approximate surface area is 96.0 Å². The number of carbonyl (C=O) groups is 2. The molecule has 0 saturated carbocycles. The number of hydrogen-bond donors (Lipinski definition) is 1. The number of Topliss-reactive ketones (excluding diaryl/α,β-unsaturated/α-hetero) is 1. The third-order valence-electron chi connectivity index (χ3n) is 2.61. The number of carbonyl (C=O) groups excluding carboxylic acids is 2. The van der Waals surface area contributed by atoms with Gasteiger partial charge in [0.25, 0.3) is 0 Å². The first-order valence-corrected chi connectivity index (χ1v) is 5.80. The third kappa shape index (κ3) is 1.59. The van der Waals surface area contributed by atoms with E-state index in [2.05, 4.69) is 21.2 Å². The van der Waals surface area contributed by atoms with Gasteiger partial charge < -0.3 is 5.32 Å². The van der Waals surface area contributed by atoms with Gasteiger partial charge in [0, 0.05) is 11.3 Å². The van der Waals surface area contributed by atoms with E-state index in [1.165, 1.54) is 0 Å². The summed E-state index contributed by atoms with van der Waals surface area (Å²) in [7, 11) is 0. The zero-order chi connectivity index (χ0) is 11.0. The predicted octanol–water partition coefficient (Wildman–Crippen LogP) is 2.32. The summed E-state index contributed by atoms with van der Waals surface area (Å²) in [5.41, 5.74) is 2.22. The predicted molar refractivity (Wildman–Crippen MR) is 61.6 cm³/mol. The fourth-order valence-electron chi connectivity index (χ4n) is 1.83. The van der Waals surface area contributed by atoms with Crippen LogP contribution >= 0.6 is 15.9 Å². The molecule has 1 aliphatic heterocycles. The van der Waals surface area contributed by atoms with E-state index in [0.29, 0.717) is 5.56 Å². The summed E-state index contributed by atoms with van der Waals surface area (Å²) in [5, 5.41) is 3.04. The summed E-state index contributed by atoms with van der Waals surface area (Å²) in [4.78, 5) is 23.1. The topological polar surface area (TPSA) is 46.2 Å². The number of nitrogens with one attached hydrogen (secondary N) is 1. The molecule has 4 heteroatoms. The van der Waals surface area contributed by atoms with Gasteiger partial charge in [-0.05, 0) is 18.6 Å². The van der Waals surface area contributed by atoms with Gasteiger partial charge >= 0.3 is 0 Å². The smallest absolute Gasteiger partial charge is 0.231 e. The molecule has 1 aliphatic rings. The highest BCUT2D eigenvalue weighted by Crippen LogP contribution is 2.35. The molecule has 15 heavy (non-hydrogen) atoms. The van der Waals surface area contributed by atoms with E-state index in [-0.39, 0.29) is 22.9 Å². The van der Waals surface area contributed by atoms with Crippen LogP contribution in [0.15, 0.2) is 18.2 Å². The normalized spacial score (nSPS) is 18.5. The first-order chi connectivity index (χ1) is 7.15.